The molecule has 14 nitrogen and oxygen atoms in total. The number of nitrogens with zero attached hydrogens (tertiary/aromatic N) is 3. The summed E-state index contributed by atoms with van der Waals surface area (Å²) in [6.07, 6.45) is 12.1. The second kappa shape index (κ2) is 16.3. The minimum atomic E-state index is -4.77. The molecule has 0 amide bonds. The maximum atomic E-state index is 12.0. The summed E-state index contributed by atoms with van der Waals surface area (Å²) in [5.41, 5.74) is 6.00. The number of aromatic nitrogens is 1. The van der Waals surface area contributed by atoms with Crippen molar-refractivity contribution in [1.29, 1.82) is 0 Å². The first-order chi connectivity index (χ1) is 27.5. The van der Waals surface area contributed by atoms with Gasteiger partial charge in [-0.05, 0) is 127 Å². The summed E-state index contributed by atoms with van der Waals surface area (Å²) in [6.45, 7) is 8.39. The molecule has 0 bridgehead atoms. The van der Waals surface area contributed by atoms with Crippen molar-refractivity contribution in [3.63, 3.8) is 0 Å². The van der Waals surface area contributed by atoms with Crippen LogP contribution in [0.25, 0.3) is 5.57 Å². The van der Waals surface area contributed by atoms with Crippen LogP contribution < -0.4 is 9.47 Å². The number of aliphatic imine (C=N–C) groups is 1. The maximum absolute atomic E-state index is 12.0. The van der Waals surface area contributed by atoms with Crippen LogP contribution in [-0.4, -0.2) is 73.7 Å². The first-order valence-corrected chi connectivity index (χ1v) is 23.7. The summed E-state index contributed by atoms with van der Waals surface area (Å²) in [4.78, 5) is 18.3. The SMILES string of the molecule is CC1(C)C(=CC=C2CCCC(C=CC3=Nc4c(ccc[n+]4CCCS(=O)(=O)O)C3(C)C)=C2c2ccc(C(=O)O)cc2)N(CCCS(=O)(=O)O)c2ccc(S(=O)(=O)[O-])cc21. The van der Waals surface area contributed by atoms with Crippen LogP contribution in [0.1, 0.15) is 86.8 Å². The van der Waals surface area contributed by atoms with Crippen LogP contribution >= 0.6 is 0 Å². The molecule has 3 N–H and O–H groups in total. The molecule has 3 aliphatic rings. The zero-order chi connectivity index (χ0) is 43.1. The van der Waals surface area contributed by atoms with Crippen LogP contribution in [0.3, 0.4) is 0 Å². The van der Waals surface area contributed by atoms with E-state index in [0.29, 0.717) is 42.2 Å². The van der Waals surface area contributed by atoms with Gasteiger partial charge in [0.05, 0.1) is 45.7 Å². The molecule has 314 valence electrons. The molecule has 2 aromatic carbocycles. The van der Waals surface area contributed by atoms with E-state index in [0.717, 1.165) is 40.0 Å². The van der Waals surface area contributed by atoms with Crippen molar-refractivity contribution in [1.82, 2.24) is 0 Å². The summed E-state index contributed by atoms with van der Waals surface area (Å²) in [7, 11) is -13.1. The van der Waals surface area contributed by atoms with E-state index in [1.54, 1.807) is 24.3 Å². The van der Waals surface area contributed by atoms with Gasteiger partial charge in [-0.15, -0.1) is 0 Å². The third kappa shape index (κ3) is 9.66. The zero-order valence-electron chi connectivity index (χ0n) is 33.1. The Morgan fingerprint density at radius 2 is 1.54 bits per heavy atom. The number of carbonyl (C=O) groups is 1. The minimum absolute atomic E-state index is 0.0641. The number of hydrogen-bond donors (Lipinski definition) is 3. The molecule has 3 heterocycles. The highest BCUT2D eigenvalue weighted by atomic mass is 32.2. The molecule has 0 unspecified atom stereocenters. The zero-order valence-corrected chi connectivity index (χ0v) is 35.6. The van der Waals surface area contributed by atoms with Gasteiger partial charge in [0.2, 0.25) is 0 Å². The highest BCUT2D eigenvalue weighted by molar-refractivity contribution is 7.86. The van der Waals surface area contributed by atoms with Crippen LogP contribution in [0.2, 0.25) is 0 Å². The predicted octanol–water partition coefficient (Wildman–Crippen LogP) is 6.30. The first-order valence-electron chi connectivity index (χ1n) is 19.0. The lowest BCUT2D eigenvalue weighted by Crippen LogP contribution is -2.35. The Bertz CT molecular complexity index is 2690. The Hall–Kier alpha value is -4.78. The van der Waals surface area contributed by atoms with Gasteiger partial charge in [0.25, 0.3) is 20.2 Å². The Morgan fingerprint density at radius 1 is 0.864 bits per heavy atom. The number of pyridine rings is 1. The number of aromatic carboxylic acids is 1. The number of rotatable bonds is 14. The largest absolute Gasteiger partial charge is 0.744 e. The monoisotopic (exact) mass is 865 g/mol. The standard InChI is InChI=1S/C42H47N3O11S3/c1-41(2)33-11-6-22-44(23-7-25-57(48,49)50)39(33)43-36(41)20-16-28-9-5-10-29(38(28)30-12-14-31(15-13-30)40(46)47)17-21-37-42(3,4)34-27-32(59(54,55)56)18-19-35(34)45(37)24-8-26-58(51,52)53/h6,11-22,27H,5,7-10,23-26H2,1-4H3,(H3-,46,47,48,49,50,51,52,53,54,55,56). The number of carboxylic acids is 1. The number of fused-ring (bicyclic) bond motifs is 2. The minimum Gasteiger partial charge on any atom is -0.744 e. The molecule has 1 aromatic heterocycles. The normalized spacial score (nSPS) is 19.1. The molecule has 1 aliphatic carbocycles. The van der Waals surface area contributed by atoms with Crippen molar-refractivity contribution in [3.8, 4) is 0 Å². The van der Waals surface area contributed by atoms with E-state index in [-0.39, 0.29) is 35.6 Å². The van der Waals surface area contributed by atoms with E-state index in [1.165, 1.54) is 18.2 Å². The molecule has 2 aliphatic heterocycles. The fourth-order valence-electron chi connectivity index (χ4n) is 8.11. The van der Waals surface area contributed by atoms with E-state index in [2.05, 4.69) is 13.8 Å². The Morgan fingerprint density at radius 3 is 2.19 bits per heavy atom. The number of anilines is 1. The van der Waals surface area contributed by atoms with Gasteiger partial charge in [-0.1, -0.05) is 38.1 Å². The summed E-state index contributed by atoms with van der Waals surface area (Å²) < 4.78 is 103. The smallest absolute Gasteiger partial charge is 0.335 e. The molecular weight excluding hydrogens is 819 g/mol. The third-order valence-electron chi connectivity index (χ3n) is 11.2. The van der Waals surface area contributed by atoms with Gasteiger partial charge in [-0.3, -0.25) is 9.11 Å². The number of aryl methyl sites for hydroxylation is 1. The predicted molar refractivity (Wildman–Crippen MR) is 223 cm³/mol. The van der Waals surface area contributed by atoms with Crippen LogP contribution in [0.4, 0.5) is 11.5 Å². The van der Waals surface area contributed by atoms with Crippen LogP contribution in [0.5, 0.6) is 0 Å². The van der Waals surface area contributed by atoms with E-state index in [4.69, 9.17) is 4.99 Å². The molecule has 17 heteroatoms. The maximum Gasteiger partial charge on any atom is 0.335 e. The van der Waals surface area contributed by atoms with Crippen molar-refractivity contribution in [2.75, 3.05) is 23.0 Å². The van der Waals surface area contributed by atoms with E-state index < -0.39 is 52.9 Å². The summed E-state index contributed by atoms with van der Waals surface area (Å²) >= 11 is 0. The van der Waals surface area contributed by atoms with Crippen molar-refractivity contribution >= 4 is 59.1 Å². The van der Waals surface area contributed by atoms with Crippen molar-refractivity contribution in [2.24, 2.45) is 4.99 Å². The van der Waals surface area contributed by atoms with Gasteiger partial charge < -0.3 is 14.6 Å². The third-order valence-corrected chi connectivity index (χ3v) is 13.6. The van der Waals surface area contributed by atoms with Crippen LogP contribution in [0.15, 0.2) is 112 Å². The summed E-state index contributed by atoms with van der Waals surface area (Å²) in [5.74, 6) is -1.22. The molecule has 59 heavy (non-hydrogen) atoms. The summed E-state index contributed by atoms with van der Waals surface area (Å²) in [6, 6.07) is 14.6. The topological polar surface area (TPSA) is 223 Å². The quantitative estimate of drug-likeness (QED) is 0.120. The molecule has 0 saturated heterocycles. The lowest BCUT2D eigenvalue weighted by molar-refractivity contribution is -0.684. The molecule has 0 saturated carbocycles. The van der Waals surface area contributed by atoms with Gasteiger partial charge in [-0.25, -0.2) is 17.8 Å². The van der Waals surface area contributed by atoms with E-state index >= 15 is 0 Å². The molecule has 0 fully saturated rings. The molecular formula is C42H47N3O11S3. The van der Waals surface area contributed by atoms with Gasteiger partial charge in [-0.2, -0.15) is 16.8 Å². The average Bonchev–Trinajstić information content (AvgIpc) is 3.52. The van der Waals surface area contributed by atoms with E-state index in [1.807, 2.05) is 65.9 Å². The number of hydrogen-bond acceptors (Lipinski definition) is 10. The van der Waals surface area contributed by atoms with Crippen molar-refractivity contribution in [2.45, 2.75) is 82.1 Å². The molecule has 3 aromatic rings. The Kier molecular flexibility index (Phi) is 12.1. The van der Waals surface area contributed by atoms with Crippen molar-refractivity contribution in [3.05, 3.63) is 124 Å². The Balaban J connectivity index is 1.44. The second-order valence-corrected chi connectivity index (χ2v) is 20.5. The highest BCUT2D eigenvalue weighted by Crippen LogP contribution is 2.49. The molecule has 6 rings (SSSR count). The Labute approximate surface area is 345 Å². The molecule has 0 spiro atoms. The average molecular weight is 866 g/mol. The van der Waals surface area contributed by atoms with Gasteiger partial charge in [0.1, 0.15) is 10.1 Å². The fraction of sp³-hybridized carbons (Fsp3) is 0.357. The van der Waals surface area contributed by atoms with E-state index in [9.17, 15) is 48.8 Å². The molecule has 0 atom stereocenters. The second-order valence-electron chi connectivity index (χ2n) is 16.0. The van der Waals surface area contributed by atoms with Crippen molar-refractivity contribution < 1.29 is 53.4 Å². The fourth-order valence-corrected chi connectivity index (χ4v) is 9.60. The van der Waals surface area contributed by atoms with Crippen LogP contribution in [0, 0.1) is 0 Å². The lowest BCUT2D eigenvalue weighted by Gasteiger charge is -2.27. The molecule has 0 radical (unpaired) electrons. The highest BCUT2D eigenvalue weighted by Gasteiger charge is 2.43. The van der Waals surface area contributed by atoms with Gasteiger partial charge in [0, 0.05) is 29.8 Å². The van der Waals surface area contributed by atoms with Gasteiger partial charge >= 0.3 is 11.8 Å². The van der Waals surface area contributed by atoms with Crippen LogP contribution in [-0.2, 0) is 47.7 Å². The lowest BCUT2D eigenvalue weighted by atomic mass is 9.80. The first kappa shape index (κ1) is 43.8. The number of benzene rings is 2. The number of carboxylic acid groups (broad SMARTS) is 1. The van der Waals surface area contributed by atoms with Gasteiger partial charge in [0.15, 0.2) is 5.71 Å². The number of allylic oxidation sites excluding steroid dienone is 8. The summed E-state index contributed by atoms with van der Waals surface area (Å²) in [5, 5.41) is 9.65.